The second-order valence-electron chi connectivity index (χ2n) is 9.46. The second-order valence-corrected chi connectivity index (χ2v) is 10.8. The minimum Gasteiger partial charge on any atom is -0.497 e. The maximum atomic E-state index is 12.7. The van der Waals surface area contributed by atoms with Crippen LogP contribution < -0.4 is 4.74 Å². The molecule has 1 atom stereocenters. The molecule has 0 heterocycles. The van der Waals surface area contributed by atoms with Crippen molar-refractivity contribution < 1.29 is 19.0 Å². The fourth-order valence-corrected chi connectivity index (χ4v) is 5.32. The normalized spacial score (nSPS) is 12.5. The van der Waals surface area contributed by atoms with Gasteiger partial charge < -0.3 is 14.2 Å². The Balaban J connectivity index is 1.95. The molecule has 5 heteroatoms. The van der Waals surface area contributed by atoms with E-state index in [-0.39, 0.29) is 10.4 Å². The predicted molar refractivity (Wildman–Crippen MR) is 162 cm³/mol. The molecular weight excluding hydrogens is 504 g/mol. The van der Waals surface area contributed by atoms with E-state index in [0.29, 0.717) is 19.8 Å². The van der Waals surface area contributed by atoms with Gasteiger partial charge in [0.2, 0.25) is 5.12 Å². The lowest BCUT2D eigenvalue weighted by molar-refractivity contribution is -0.107. The Hall–Kier alpha value is -2.86. The molecule has 3 aromatic carbocycles. The number of ether oxygens (including phenoxy) is 3. The predicted octanol–water partition coefficient (Wildman–Crippen LogP) is 8.20. The lowest BCUT2D eigenvalue weighted by Crippen LogP contribution is -2.36. The van der Waals surface area contributed by atoms with E-state index < -0.39 is 5.60 Å². The zero-order chi connectivity index (χ0) is 27.8. The number of unbranched alkanes of at least 4 members (excludes halogenated alkanes) is 3. The van der Waals surface area contributed by atoms with Crippen LogP contribution >= 0.6 is 11.8 Å². The summed E-state index contributed by atoms with van der Waals surface area (Å²) in [6, 6.07) is 28.6. The second kappa shape index (κ2) is 17.0. The van der Waals surface area contributed by atoms with Crippen LogP contribution in [0.4, 0.5) is 0 Å². The Kier molecular flexibility index (Phi) is 13.3. The van der Waals surface area contributed by atoms with Gasteiger partial charge in [-0.2, -0.15) is 0 Å². The van der Waals surface area contributed by atoms with Gasteiger partial charge in [-0.1, -0.05) is 124 Å². The van der Waals surface area contributed by atoms with Crippen molar-refractivity contribution in [1.82, 2.24) is 0 Å². The first-order valence-corrected chi connectivity index (χ1v) is 14.9. The van der Waals surface area contributed by atoms with Crippen molar-refractivity contribution in [3.8, 4) is 5.75 Å². The van der Waals surface area contributed by atoms with E-state index in [1.165, 1.54) is 24.6 Å². The third-order valence-corrected chi connectivity index (χ3v) is 7.54. The third-order valence-electron chi connectivity index (χ3n) is 6.56. The van der Waals surface area contributed by atoms with E-state index in [2.05, 4.69) is 43.3 Å². The standard InChI is InChI=1S/C34H42O4S/c1-4-6-8-15-25-37-26-32(39-33(35)20-7-5-2)27-38-34(28-16-11-9-12-17-28,29-18-13-10-14-19-29)30-21-23-31(36-3)24-22-30/h7,9-14,16-24,32H,4-6,8,15,25-27H2,1-3H3/b20-7+/t32-/m1/s1. The van der Waals surface area contributed by atoms with Crippen molar-refractivity contribution >= 4 is 16.9 Å². The van der Waals surface area contributed by atoms with Gasteiger partial charge in [-0.15, -0.1) is 0 Å². The first kappa shape index (κ1) is 30.7. The zero-order valence-corrected chi connectivity index (χ0v) is 24.3. The largest absolute Gasteiger partial charge is 0.497 e. The highest BCUT2D eigenvalue weighted by molar-refractivity contribution is 8.14. The number of methoxy groups -OCH3 is 1. The number of benzene rings is 3. The summed E-state index contributed by atoms with van der Waals surface area (Å²) >= 11 is 1.29. The Bertz CT molecular complexity index is 1070. The number of carbonyl (C=O) groups excluding carboxylic acids is 1. The Morgan fingerprint density at radius 3 is 2.00 bits per heavy atom. The minimum absolute atomic E-state index is 0.0227. The van der Waals surface area contributed by atoms with Crippen LogP contribution in [0.25, 0.3) is 0 Å². The molecule has 0 aromatic heterocycles. The summed E-state index contributed by atoms with van der Waals surface area (Å²) in [6.45, 7) is 5.70. The van der Waals surface area contributed by atoms with Gasteiger partial charge in [-0.3, -0.25) is 4.79 Å². The van der Waals surface area contributed by atoms with Crippen molar-refractivity contribution in [1.29, 1.82) is 0 Å². The number of carbonyl (C=O) groups is 1. The van der Waals surface area contributed by atoms with E-state index in [0.717, 1.165) is 41.7 Å². The highest BCUT2D eigenvalue weighted by Crippen LogP contribution is 2.41. The molecule has 39 heavy (non-hydrogen) atoms. The molecule has 0 saturated carbocycles. The Morgan fingerprint density at radius 2 is 1.44 bits per heavy atom. The molecule has 0 bridgehead atoms. The van der Waals surface area contributed by atoms with Crippen molar-refractivity contribution in [2.45, 2.75) is 56.8 Å². The monoisotopic (exact) mass is 546 g/mol. The van der Waals surface area contributed by atoms with E-state index in [9.17, 15) is 4.79 Å². The van der Waals surface area contributed by atoms with Crippen LogP contribution in [0.5, 0.6) is 5.75 Å². The summed E-state index contributed by atoms with van der Waals surface area (Å²) in [6.07, 6.45) is 8.97. The maximum absolute atomic E-state index is 12.7. The fourth-order valence-electron chi connectivity index (χ4n) is 4.52. The lowest BCUT2D eigenvalue weighted by atomic mass is 9.80. The number of allylic oxidation sites excluding steroid dienone is 1. The zero-order valence-electron chi connectivity index (χ0n) is 23.5. The van der Waals surface area contributed by atoms with Crippen molar-refractivity contribution in [3.63, 3.8) is 0 Å². The van der Waals surface area contributed by atoms with Gasteiger partial charge in [-0.25, -0.2) is 0 Å². The van der Waals surface area contributed by atoms with Gasteiger partial charge in [0.15, 0.2) is 0 Å². The SMILES string of the molecule is CC/C=C/C(=O)S[C@H](COCCCCCC)COC(c1ccccc1)(c1ccccc1)c1ccc(OC)cc1. The Labute approximate surface area is 238 Å². The molecule has 0 aliphatic heterocycles. The smallest absolute Gasteiger partial charge is 0.212 e. The van der Waals surface area contributed by atoms with Gasteiger partial charge in [0.1, 0.15) is 11.4 Å². The van der Waals surface area contributed by atoms with Crippen molar-refractivity contribution in [2.24, 2.45) is 0 Å². The van der Waals surface area contributed by atoms with Crippen LogP contribution in [-0.2, 0) is 19.9 Å². The van der Waals surface area contributed by atoms with Gasteiger partial charge >= 0.3 is 0 Å². The van der Waals surface area contributed by atoms with Crippen LogP contribution in [0.15, 0.2) is 97.1 Å². The van der Waals surface area contributed by atoms with E-state index in [1.807, 2.05) is 61.5 Å². The van der Waals surface area contributed by atoms with Crippen LogP contribution in [0.3, 0.4) is 0 Å². The van der Waals surface area contributed by atoms with Gasteiger partial charge in [0.05, 0.1) is 25.6 Å². The third kappa shape index (κ3) is 9.10. The summed E-state index contributed by atoms with van der Waals surface area (Å²) in [5.74, 6) is 0.784. The first-order chi connectivity index (χ1) is 19.1. The average Bonchev–Trinajstić information content (AvgIpc) is 2.99. The molecule has 3 aromatic rings. The molecule has 0 spiro atoms. The van der Waals surface area contributed by atoms with Gasteiger partial charge in [0, 0.05) is 6.61 Å². The topological polar surface area (TPSA) is 44.8 Å². The highest BCUT2D eigenvalue weighted by atomic mass is 32.2. The number of hydrogen-bond donors (Lipinski definition) is 0. The van der Waals surface area contributed by atoms with Gasteiger partial charge in [0.25, 0.3) is 0 Å². The van der Waals surface area contributed by atoms with E-state index in [1.54, 1.807) is 13.2 Å². The maximum Gasteiger partial charge on any atom is 0.212 e. The molecule has 0 amide bonds. The van der Waals surface area contributed by atoms with E-state index in [4.69, 9.17) is 14.2 Å². The van der Waals surface area contributed by atoms with Crippen LogP contribution in [0.1, 0.15) is 62.6 Å². The van der Waals surface area contributed by atoms with Gasteiger partial charge in [-0.05, 0) is 47.7 Å². The first-order valence-electron chi connectivity index (χ1n) is 14.0. The minimum atomic E-state index is -0.878. The number of thioether (sulfide) groups is 1. The molecule has 0 saturated heterocycles. The van der Waals surface area contributed by atoms with E-state index >= 15 is 0 Å². The van der Waals surface area contributed by atoms with Crippen LogP contribution in [0.2, 0.25) is 0 Å². The molecule has 0 fully saturated rings. The molecule has 0 aliphatic rings. The summed E-state index contributed by atoms with van der Waals surface area (Å²) in [7, 11) is 1.67. The lowest BCUT2D eigenvalue weighted by Gasteiger charge is -2.37. The molecule has 0 radical (unpaired) electrons. The van der Waals surface area contributed by atoms with Crippen LogP contribution in [-0.4, -0.2) is 37.3 Å². The summed E-state index contributed by atoms with van der Waals surface area (Å²) in [5, 5.41) is -0.135. The number of hydrogen-bond acceptors (Lipinski definition) is 5. The summed E-state index contributed by atoms with van der Waals surface area (Å²) < 4.78 is 18.5. The van der Waals surface area contributed by atoms with Crippen molar-refractivity contribution in [2.75, 3.05) is 26.9 Å². The Morgan fingerprint density at radius 1 is 0.821 bits per heavy atom. The molecule has 0 unspecified atom stereocenters. The molecule has 4 nitrogen and oxygen atoms in total. The quantitative estimate of drug-likeness (QED) is 0.0970. The van der Waals surface area contributed by atoms with Crippen LogP contribution in [0, 0.1) is 0 Å². The molecule has 208 valence electrons. The average molecular weight is 547 g/mol. The summed E-state index contributed by atoms with van der Waals surface area (Å²) in [5.41, 5.74) is 2.14. The molecular formula is C34H42O4S. The number of rotatable bonds is 17. The van der Waals surface area contributed by atoms with Crippen molar-refractivity contribution in [3.05, 3.63) is 114 Å². The highest BCUT2D eigenvalue weighted by Gasteiger charge is 2.38. The fraction of sp³-hybridized carbons (Fsp3) is 0.382. The molecule has 0 N–H and O–H groups in total. The molecule has 0 aliphatic carbocycles. The molecule has 3 rings (SSSR count). The summed E-state index contributed by atoms with van der Waals surface area (Å²) in [4.78, 5) is 12.7.